The van der Waals surface area contributed by atoms with E-state index in [0.717, 1.165) is 71.1 Å². The van der Waals surface area contributed by atoms with Crippen molar-refractivity contribution in [1.82, 2.24) is 30.0 Å². The molecule has 6 rings (SSSR count). The maximum Gasteiger partial charge on any atom is 0.407 e. The number of nitrogens with zero attached hydrogens (tertiary/aromatic N) is 2. The van der Waals surface area contributed by atoms with E-state index >= 15 is 0 Å². The molecule has 0 radical (unpaired) electrons. The zero-order valence-corrected chi connectivity index (χ0v) is 40.8. The lowest BCUT2D eigenvalue weighted by Crippen LogP contribution is -2.38. The molecule has 0 atom stereocenters. The lowest BCUT2D eigenvalue weighted by atomic mass is 9.86. The molecule has 2 heterocycles. The van der Waals surface area contributed by atoms with Crippen LogP contribution >= 0.6 is 38.6 Å². The zero-order valence-electron chi connectivity index (χ0n) is 35.9. The number of nitrogen functional groups attached to an aromatic ring is 1. The molecule has 4 aromatic rings. The number of anilines is 1. The van der Waals surface area contributed by atoms with Gasteiger partial charge in [0.2, 0.25) is 20.0 Å². The number of nitrogens with one attached hydrogen (secondary N) is 4. The molecule has 340 valence electrons. The number of carbonyl (C=O) groups excluding carboxylic acids is 2. The summed E-state index contributed by atoms with van der Waals surface area (Å²) in [6.45, 7) is 11.4. The molecule has 0 aliphatic heterocycles. The number of rotatable bonds is 14. The summed E-state index contributed by atoms with van der Waals surface area (Å²) in [4.78, 5) is 34.9. The van der Waals surface area contributed by atoms with Gasteiger partial charge in [-0.3, -0.25) is 0 Å². The lowest BCUT2D eigenvalue weighted by molar-refractivity contribution is 0.108. The molecule has 2 aromatic carbocycles. The van der Waals surface area contributed by atoms with Gasteiger partial charge in [0.25, 0.3) is 0 Å². The van der Waals surface area contributed by atoms with E-state index in [9.17, 15) is 26.4 Å². The molecule has 2 aliphatic rings. The third-order valence-electron chi connectivity index (χ3n) is 10.3. The van der Waals surface area contributed by atoms with Crippen LogP contribution < -0.4 is 25.8 Å². The molecule has 62 heavy (non-hydrogen) atoms. The van der Waals surface area contributed by atoms with E-state index in [-0.39, 0.29) is 46.3 Å². The number of aromatic nitrogens is 2. The predicted octanol–water partition coefficient (Wildman–Crippen LogP) is 8.88. The van der Waals surface area contributed by atoms with Gasteiger partial charge in [-0.2, -0.15) is 0 Å². The molecule has 6 N–H and O–H groups in total. The second-order valence-corrected chi connectivity index (χ2v) is 22.3. The van der Waals surface area contributed by atoms with Crippen LogP contribution in [-0.2, 0) is 29.5 Å². The van der Waals surface area contributed by atoms with Gasteiger partial charge >= 0.3 is 12.2 Å². The van der Waals surface area contributed by atoms with Crippen LogP contribution in [0.15, 0.2) is 63.1 Å². The number of hydrogen-bond acceptors (Lipinski definition) is 13. The molecule has 0 saturated heterocycles. The number of carbonyl (C=O) groups is 2. The van der Waals surface area contributed by atoms with Gasteiger partial charge in [0.15, 0.2) is 0 Å². The zero-order chi connectivity index (χ0) is 45.2. The van der Waals surface area contributed by atoms with Gasteiger partial charge in [0.1, 0.15) is 0 Å². The van der Waals surface area contributed by atoms with E-state index in [4.69, 9.17) is 15.2 Å². The van der Waals surface area contributed by atoms with Crippen molar-refractivity contribution in [2.45, 2.75) is 139 Å². The number of benzene rings is 2. The Morgan fingerprint density at radius 1 is 0.694 bits per heavy atom. The Bertz CT molecular complexity index is 2190. The highest BCUT2D eigenvalue weighted by Gasteiger charge is 2.29. The maximum atomic E-state index is 12.7. The van der Waals surface area contributed by atoms with E-state index in [2.05, 4.69) is 46.0 Å². The molecule has 2 fully saturated rings. The van der Waals surface area contributed by atoms with Crippen LogP contribution in [0.25, 0.3) is 20.9 Å². The van der Waals surface area contributed by atoms with Crippen LogP contribution in [0.2, 0.25) is 0 Å². The minimum absolute atomic E-state index is 0.107. The summed E-state index contributed by atoms with van der Waals surface area (Å²) in [6.07, 6.45) is 9.59. The molecule has 15 nitrogen and oxygen atoms in total. The van der Waals surface area contributed by atoms with E-state index < -0.39 is 20.0 Å². The highest BCUT2D eigenvalue weighted by atomic mass is 79.9. The fourth-order valence-electron chi connectivity index (χ4n) is 7.42. The average molecular weight is 997 g/mol. The molecule has 2 aliphatic carbocycles. The van der Waals surface area contributed by atoms with Crippen molar-refractivity contribution in [2.75, 3.05) is 18.8 Å². The van der Waals surface area contributed by atoms with Crippen molar-refractivity contribution in [3.05, 3.63) is 63.3 Å². The largest absolute Gasteiger partial charge is 0.447 e. The lowest BCUT2D eigenvalue weighted by Gasteiger charge is -2.28. The summed E-state index contributed by atoms with van der Waals surface area (Å²) < 4.78 is 66.8. The topological polar surface area (TPSA) is 221 Å². The second kappa shape index (κ2) is 22.3. The fraction of sp³-hybridized carbons (Fsp3) is 0.524. The minimum Gasteiger partial charge on any atom is -0.447 e. The number of hydrogen-bond donors (Lipinski definition) is 5. The van der Waals surface area contributed by atoms with Gasteiger partial charge in [-0.25, -0.2) is 45.8 Å². The highest BCUT2D eigenvalue weighted by Crippen LogP contribution is 2.41. The Hall–Kier alpha value is -3.66. The van der Waals surface area contributed by atoms with Crippen LogP contribution in [0.3, 0.4) is 0 Å². The first-order valence-electron chi connectivity index (χ1n) is 20.9. The third-order valence-corrected chi connectivity index (χ3v) is 16.3. The van der Waals surface area contributed by atoms with Crippen molar-refractivity contribution in [1.29, 1.82) is 0 Å². The number of sulfonamides is 2. The first-order valence-corrected chi connectivity index (χ1v) is 26.3. The standard InChI is InChI=1S/C21H28BrN3O4S2.C21H30N4O4S2/c2*1-4-24-31(27,28)19-11-15(22)7-10-17(19)18-12-23-20(30-18)14-5-8-16(9-6-14)25-21(26)29-13(2)3/h7,10-14,16,24H,4-6,8-9H2,1-3H3,(H,25,26);7,10-14,16,24H,4-6,8-9,22H2,1-3H3,(H,25,26). The van der Waals surface area contributed by atoms with E-state index in [1.165, 1.54) is 28.7 Å². The number of ether oxygens (including phenoxy) is 2. The summed E-state index contributed by atoms with van der Waals surface area (Å²) in [6, 6.07) is 10.4. The monoisotopic (exact) mass is 995 g/mol. The van der Waals surface area contributed by atoms with Crippen molar-refractivity contribution < 1.29 is 35.9 Å². The van der Waals surface area contributed by atoms with E-state index in [1.807, 2.05) is 39.8 Å². The van der Waals surface area contributed by atoms with Crippen molar-refractivity contribution >= 4 is 76.5 Å². The molecule has 2 saturated carbocycles. The van der Waals surface area contributed by atoms with Gasteiger partial charge in [0.05, 0.1) is 41.8 Å². The summed E-state index contributed by atoms with van der Waals surface area (Å²) >= 11 is 6.43. The number of amides is 2. The Labute approximate surface area is 382 Å². The second-order valence-electron chi connectivity index (χ2n) is 15.8. The minimum atomic E-state index is -3.66. The molecule has 0 bridgehead atoms. The van der Waals surface area contributed by atoms with Crippen molar-refractivity contribution in [3.63, 3.8) is 0 Å². The van der Waals surface area contributed by atoms with Crippen molar-refractivity contribution in [3.8, 4) is 20.9 Å². The normalized spacial score (nSPS) is 19.4. The highest BCUT2D eigenvalue weighted by molar-refractivity contribution is 9.10. The van der Waals surface area contributed by atoms with E-state index in [0.29, 0.717) is 46.2 Å². The molecular formula is C42H58BrN7O8S4. The van der Waals surface area contributed by atoms with Gasteiger partial charge in [0, 0.05) is 70.7 Å². The Morgan fingerprint density at radius 3 is 1.50 bits per heavy atom. The summed E-state index contributed by atoms with van der Waals surface area (Å²) in [5.74, 6) is 0.600. The van der Waals surface area contributed by atoms with Gasteiger partial charge in [-0.05, 0) is 103 Å². The molecule has 2 amide bonds. The van der Waals surface area contributed by atoms with Crippen LogP contribution in [0.1, 0.15) is 115 Å². The summed E-state index contributed by atoms with van der Waals surface area (Å²) in [5, 5.41) is 7.86. The smallest absolute Gasteiger partial charge is 0.407 e. The Morgan fingerprint density at radius 2 is 1.10 bits per heavy atom. The Balaban J connectivity index is 0.000000234. The number of alkyl carbamates (subject to hydrolysis) is 2. The van der Waals surface area contributed by atoms with Crippen LogP contribution in [0, 0.1) is 0 Å². The fourth-order valence-corrected chi connectivity index (χ4v) is 12.9. The van der Waals surface area contributed by atoms with Crippen molar-refractivity contribution in [2.24, 2.45) is 0 Å². The number of halogens is 1. The SMILES string of the molecule is CCNS(=O)(=O)c1cc(Br)ccc1-c1cnc(C2CCC(NC(=O)OC(C)C)CC2)s1.CCNS(=O)(=O)c1cc(N)ccc1-c1cnc(C2CCC(NC(=O)OC(C)C)CC2)s1. The summed E-state index contributed by atoms with van der Waals surface area (Å²) in [7, 11) is -7.27. The van der Waals surface area contributed by atoms with Crippen LogP contribution in [0.4, 0.5) is 15.3 Å². The van der Waals surface area contributed by atoms with Gasteiger partial charge in [-0.1, -0.05) is 41.9 Å². The van der Waals surface area contributed by atoms with Gasteiger partial charge < -0.3 is 25.8 Å². The first kappa shape index (κ1) is 49.4. The molecule has 20 heteroatoms. The first-order chi connectivity index (χ1) is 29.4. The summed E-state index contributed by atoms with van der Waals surface area (Å²) in [5.41, 5.74) is 7.50. The van der Waals surface area contributed by atoms with E-state index in [1.54, 1.807) is 44.4 Å². The molecule has 2 aromatic heterocycles. The van der Waals surface area contributed by atoms with Gasteiger partial charge in [-0.15, -0.1) is 22.7 Å². The molecule has 0 unspecified atom stereocenters. The molecule has 0 spiro atoms. The predicted molar refractivity (Wildman–Crippen MR) is 248 cm³/mol. The Kier molecular flexibility index (Phi) is 17.8. The quantitative estimate of drug-likeness (QED) is 0.0751. The number of thiazole rings is 2. The molecular weight excluding hydrogens is 939 g/mol. The number of nitrogens with two attached hydrogens (primary N) is 1. The van der Waals surface area contributed by atoms with Crippen LogP contribution in [-0.4, -0.2) is 76.4 Å². The average Bonchev–Trinajstić information content (AvgIpc) is 3.90. The maximum absolute atomic E-state index is 12.7. The third kappa shape index (κ3) is 13.7. The van der Waals surface area contributed by atoms with Crippen LogP contribution in [0.5, 0.6) is 0 Å².